The number of benzene rings is 3. The number of amides is 2. The van der Waals surface area contributed by atoms with Crippen LogP contribution >= 0.6 is 0 Å². The number of hydrogen-bond donors (Lipinski definition) is 0. The van der Waals surface area contributed by atoms with E-state index in [1.165, 1.54) is 10.5 Å². The van der Waals surface area contributed by atoms with Crippen LogP contribution in [0.4, 0.5) is 5.69 Å². The van der Waals surface area contributed by atoms with Gasteiger partial charge in [-0.2, -0.15) is 0 Å². The molecule has 0 N–H and O–H groups in total. The van der Waals surface area contributed by atoms with Crippen molar-refractivity contribution in [3.05, 3.63) is 89.5 Å². The molecule has 27 heavy (non-hydrogen) atoms. The van der Waals surface area contributed by atoms with Crippen molar-refractivity contribution in [3.8, 4) is 11.1 Å². The van der Waals surface area contributed by atoms with Crippen molar-refractivity contribution in [1.82, 2.24) is 0 Å². The van der Waals surface area contributed by atoms with Gasteiger partial charge in [0, 0.05) is 0 Å². The Kier molecular flexibility index (Phi) is 3.96. The average Bonchev–Trinajstić information content (AvgIpc) is 2.92. The summed E-state index contributed by atoms with van der Waals surface area (Å²) in [5, 5.41) is 0. The quantitative estimate of drug-likeness (QED) is 0.573. The smallest absolute Gasteiger partial charge is 0.266 e. The normalized spacial score (nSPS) is 13.8. The Labute approximate surface area is 159 Å². The van der Waals surface area contributed by atoms with E-state index in [1.807, 2.05) is 24.3 Å². The third kappa shape index (κ3) is 2.95. The van der Waals surface area contributed by atoms with Crippen LogP contribution in [0, 0.1) is 0 Å². The first-order valence-electron chi connectivity index (χ1n) is 9.05. The van der Waals surface area contributed by atoms with Crippen molar-refractivity contribution in [3.63, 3.8) is 0 Å². The number of nitrogens with zero attached hydrogens (tertiary/aromatic N) is 1. The van der Waals surface area contributed by atoms with Crippen LogP contribution < -0.4 is 4.90 Å². The van der Waals surface area contributed by atoms with E-state index in [0.717, 1.165) is 11.1 Å². The van der Waals surface area contributed by atoms with Crippen LogP contribution in [0.15, 0.2) is 72.8 Å². The highest BCUT2D eigenvalue weighted by Gasteiger charge is 2.36. The van der Waals surface area contributed by atoms with Crippen molar-refractivity contribution < 1.29 is 9.59 Å². The lowest BCUT2D eigenvalue weighted by atomic mass is 9.86. The summed E-state index contributed by atoms with van der Waals surface area (Å²) in [6.45, 7) is 6.58. The number of carbonyl (C=O) groups is 2. The molecule has 0 bridgehead atoms. The summed E-state index contributed by atoms with van der Waals surface area (Å²) in [5.74, 6) is -0.532. The van der Waals surface area contributed by atoms with Gasteiger partial charge in [-0.25, -0.2) is 4.90 Å². The standard InChI is InChI=1S/C24H21NO2/c1-24(2,3)18-12-8-16(9-13-18)17-10-14-19(15-11-17)25-22(26)20-6-4-5-7-21(20)23(25)27/h4-15H,1-3H3. The maximum absolute atomic E-state index is 12.6. The molecule has 0 aliphatic carbocycles. The average molecular weight is 355 g/mol. The van der Waals surface area contributed by atoms with Crippen LogP contribution in [0.2, 0.25) is 0 Å². The van der Waals surface area contributed by atoms with Crippen LogP contribution in [0.5, 0.6) is 0 Å². The molecule has 1 heterocycles. The Morgan fingerprint density at radius 2 is 1.07 bits per heavy atom. The predicted octanol–water partition coefficient (Wildman–Crippen LogP) is 5.45. The van der Waals surface area contributed by atoms with Gasteiger partial charge in [0.1, 0.15) is 0 Å². The molecule has 0 spiro atoms. The molecule has 0 unspecified atom stereocenters. The third-order valence-corrected chi connectivity index (χ3v) is 5.00. The summed E-state index contributed by atoms with van der Waals surface area (Å²) in [7, 11) is 0. The second kappa shape index (κ2) is 6.20. The Morgan fingerprint density at radius 3 is 1.52 bits per heavy atom. The molecule has 0 aromatic heterocycles. The molecule has 0 radical (unpaired) electrons. The topological polar surface area (TPSA) is 37.4 Å². The summed E-state index contributed by atoms with van der Waals surface area (Å²) in [6, 6.07) is 23.0. The van der Waals surface area contributed by atoms with Gasteiger partial charge in [0.15, 0.2) is 0 Å². The molecule has 0 fully saturated rings. The molecule has 0 atom stereocenters. The highest BCUT2D eigenvalue weighted by atomic mass is 16.2. The highest BCUT2D eigenvalue weighted by molar-refractivity contribution is 6.34. The Hall–Kier alpha value is -3.20. The van der Waals surface area contributed by atoms with E-state index in [1.54, 1.807) is 24.3 Å². The third-order valence-electron chi connectivity index (χ3n) is 5.00. The van der Waals surface area contributed by atoms with Crippen LogP contribution in [0.3, 0.4) is 0 Å². The van der Waals surface area contributed by atoms with Crippen molar-refractivity contribution in [2.45, 2.75) is 26.2 Å². The lowest BCUT2D eigenvalue weighted by Crippen LogP contribution is -2.29. The molecule has 3 aromatic carbocycles. The number of carbonyl (C=O) groups excluding carboxylic acids is 2. The monoisotopic (exact) mass is 355 g/mol. The fraction of sp³-hybridized carbons (Fsp3) is 0.167. The summed E-state index contributed by atoms with van der Waals surface area (Å²) >= 11 is 0. The first-order chi connectivity index (χ1) is 12.9. The summed E-state index contributed by atoms with van der Waals surface area (Å²) < 4.78 is 0. The minimum absolute atomic E-state index is 0.119. The largest absolute Gasteiger partial charge is 0.268 e. The Morgan fingerprint density at radius 1 is 0.630 bits per heavy atom. The molecule has 0 saturated carbocycles. The van der Waals surface area contributed by atoms with Gasteiger partial charge in [-0.15, -0.1) is 0 Å². The van der Waals surface area contributed by atoms with E-state index in [-0.39, 0.29) is 17.2 Å². The molecule has 0 saturated heterocycles. The van der Waals surface area contributed by atoms with Crippen LogP contribution in [0.25, 0.3) is 11.1 Å². The minimum atomic E-state index is -0.266. The van der Waals surface area contributed by atoms with Gasteiger partial charge in [-0.1, -0.05) is 69.3 Å². The van der Waals surface area contributed by atoms with Gasteiger partial charge < -0.3 is 0 Å². The van der Waals surface area contributed by atoms with Crippen molar-refractivity contribution in [2.75, 3.05) is 4.90 Å². The van der Waals surface area contributed by atoms with Crippen molar-refractivity contribution in [2.24, 2.45) is 0 Å². The first kappa shape index (κ1) is 17.2. The predicted molar refractivity (Wildman–Crippen MR) is 108 cm³/mol. The van der Waals surface area contributed by atoms with Gasteiger partial charge in [-0.3, -0.25) is 9.59 Å². The van der Waals surface area contributed by atoms with E-state index in [4.69, 9.17) is 0 Å². The highest BCUT2D eigenvalue weighted by Crippen LogP contribution is 2.31. The van der Waals surface area contributed by atoms with Crippen molar-refractivity contribution >= 4 is 17.5 Å². The molecular formula is C24H21NO2. The Balaban J connectivity index is 1.62. The van der Waals surface area contributed by atoms with E-state index in [9.17, 15) is 9.59 Å². The molecule has 4 rings (SSSR count). The molecule has 3 nitrogen and oxygen atoms in total. The van der Waals surface area contributed by atoms with E-state index in [2.05, 4.69) is 45.0 Å². The minimum Gasteiger partial charge on any atom is -0.268 e. The zero-order chi connectivity index (χ0) is 19.2. The summed E-state index contributed by atoms with van der Waals surface area (Å²) in [6.07, 6.45) is 0. The second-order valence-electron chi connectivity index (χ2n) is 7.87. The lowest BCUT2D eigenvalue weighted by molar-refractivity contribution is 0.0926. The second-order valence-corrected chi connectivity index (χ2v) is 7.87. The number of anilines is 1. The molecule has 134 valence electrons. The van der Waals surface area contributed by atoms with Gasteiger partial charge in [0.05, 0.1) is 16.8 Å². The fourth-order valence-electron chi connectivity index (χ4n) is 3.39. The summed E-state index contributed by atoms with van der Waals surface area (Å²) in [5.41, 5.74) is 5.08. The molecule has 1 aliphatic rings. The summed E-state index contributed by atoms with van der Waals surface area (Å²) in [4.78, 5) is 26.4. The molecule has 3 heteroatoms. The number of fused-ring (bicyclic) bond motifs is 1. The zero-order valence-electron chi connectivity index (χ0n) is 15.7. The van der Waals surface area contributed by atoms with Gasteiger partial charge in [-0.05, 0) is 46.4 Å². The Bertz CT molecular complexity index is 990. The molecule has 3 aromatic rings. The van der Waals surface area contributed by atoms with Crippen LogP contribution in [-0.2, 0) is 5.41 Å². The van der Waals surface area contributed by atoms with Gasteiger partial charge in [0.25, 0.3) is 11.8 Å². The van der Waals surface area contributed by atoms with Crippen molar-refractivity contribution in [1.29, 1.82) is 0 Å². The molecule has 2 amide bonds. The van der Waals surface area contributed by atoms with E-state index < -0.39 is 0 Å². The van der Waals surface area contributed by atoms with Crippen LogP contribution in [0.1, 0.15) is 47.1 Å². The maximum atomic E-state index is 12.6. The van der Waals surface area contributed by atoms with Gasteiger partial charge in [0.2, 0.25) is 0 Å². The maximum Gasteiger partial charge on any atom is 0.266 e. The molecule has 1 aliphatic heterocycles. The van der Waals surface area contributed by atoms with E-state index >= 15 is 0 Å². The van der Waals surface area contributed by atoms with E-state index in [0.29, 0.717) is 16.8 Å². The fourth-order valence-corrected chi connectivity index (χ4v) is 3.39. The van der Waals surface area contributed by atoms with Gasteiger partial charge >= 0.3 is 0 Å². The molecular weight excluding hydrogens is 334 g/mol. The zero-order valence-corrected chi connectivity index (χ0v) is 15.7. The number of rotatable bonds is 2. The SMILES string of the molecule is CC(C)(C)c1ccc(-c2ccc(N3C(=O)c4ccccc4C3=O)cc2)cc1. The first-order valence-corrected chi connectivity index (χ1v) is 9.05. The lowest BCUT2D eigenvalue weighted by Gasteiger charge is -2.19. The number of hydrogen-bond acceptors (Lipinski definition) is 2. The van der Waals surface area contributed by atoms with Crippen LogP contribution in [-0.4, -0.2) is 11.8 Å². The number of imide groups is 1.